The van der Waals surface area contributed by atoms with Gasteiger partial charge in [0.1, 0.15) is 0 Å². The number of aromatic nitrogens is 2. The van der Waals surface area contributed by atoms with Crippen molar-refractivity contribution in [2.24, 2.45) is 5.92 Å². The fraction of sp³-hybridized carbons (Fsp3) is 0.800. The molecule has 5 heteroatoms. The molecule has 1 rings (SSSR count). The fourth-order valence-electron chi connectivity index (χ4n) is 2.49. The molecule has 1 N–H and O–H groups in total. The molecule has 1 aromatic heterocycles. The number of hydrogen-bond donors (Lipinski definition) is 1. The SMILES string of the molecule is CCCC(CCCl)CNCc1c(Cl)c(CC)nn1CC. The van der Waals surface area contributed by atoms with Gasteiger partial charge >= 0.3 is 0 Å². The highest BCUT2D eigenvalue weighted by Gasteiger charge is 2.14. The Morgan fingerprint density at radius 3 is 2.55 bits per heavy atom. The number of hydrogen-bond acceptors (Lipinski definition) is 2. The summed E-state index contributed by atoms with van der Waals surface area (Å²) in [5, 5.41) is 8.89. The van der Waals surface area contributed by atoms with E-state index in [4.69, 9.17) is 23.2 Å². The van der Waals surface area contributed by atoms with Gasteiger partial charge in [-0.05, 0) is 38.6 Å². The fourth-order valence-corrected chi connectivity index (χ4v) is 3.14. The van der Waals surface area contributed by atoms with Crippen molar-refractivity contribution in [3.63, 3.8) is 0 Å². The maximum atomic E-state index is 6.40. The van der Waals surface area contributed by atoms with E-state index in [1.54, 1.807) is 0 Å². The summed E-state index contributed by atoms with van der Waals surface area (Å²) in [7, 11) is 0. The van der Waals surface area contributed by atoms with Crippen LogP contribution in [0.5, 0.6) is 0 Å². The Morgan fingerprint density at radius 2 is 2.00 bits per heavy atom. The summed E-state index contributed by atoms with van der Waals surface area (Å²) < 4.78 is 2.00. The van der Waals surface area contributed by atoms with E-state index in [0.29, 0.717) is 5.92 Å². The third-order valence-electron chi connectivity index (χ3n) is 3.63. The van der Waals surface area contributed by atoms with Crippen LogP contribution in [0.4, 0.5) is 0 Å². The predicted octanol–water partition coefficient (Wildman–Crippen LogP) is 4.25. The summed E-state index contributed by atoms with van der Waals surface area (Å²) in [4.78, 5) is 0. The molecule has 0 spiro atoms. The molecule has 0 aromatic carbocycles. The second-order valence-electron chi connectivity index (χ2n) is 5.14. The van der Waals surface area contributed by atoms with Crippen molar-refractivity contribution in [1.82, 2.24) is 15.1 Å². The molecule has 0 saturated heterocycles. The molecule has 1 unspecified atom stereocenters. The van der Waals surface area contributed by atoms with Gasteiger partial charge in [-0.25, -0.2) is 0 Å². The van der Waals surface area contributed by atoms with Crippen molar-refractivity contribution in [3.8, 4) is 0 Å². The molecule has 1 atom stereocenters. The number of nitrogens with zero attached hydrogens (tertiary/aromatic N) is 2. The third-order valence-corrected chi connectivity index (χ3v) is 4.29. The van der Waals surface area contributed by atoms with Crippen molar-refractivity contribution < 1.29 is 0 Å². The molecule has 0 fully saturated rings. The lowest BCUT2D eigenvalue weighted by Gasteiger charge is -2.16. The highest BCUT2D eigenvalue weighted by molar-refractivity contribution is 6.31. The van der Waals surface area contributed by atoms with Crippen LogP contribution < -0.4 is 5.32 Å². The van der Waals surface area contributed by atoms with Crippen LogP contribution in [-0.4, -0.2) is 22.2 Å². The zero-order valence-electron chi connectivity index (χ0n) is 12.9. The lowest BCUT2D eigenvalue weighted by molar-refractivity contribution is 0.425. The normalized spacial score (nSPS) is 12.8. The van der Waals surface area contributed by atoms with Crippen LogP contribution in [0.25, 0.3) is 0 Å². The second kappa shape index (κ2) is 9.64. The van der Waals surface area contributed by atoms with Crippen LogP contribution in [0.1, 0.15) is 51.4 Å². The number of aryl methyl sites for hydroxylation is 2. The first-order valence-corrected chi connectivity index (χ1v) is 8.59. The van der Waals surface area contributed by atoms with Gasteiger partial charge in [0.15, 0.2) is 0 Å². The second-order valence-corrected chi connectivity index (χ2v) is 5.90. The molecule has 1 aromatic rings. The maximum absolute atomic E-state index is 6.40. The maximum Gasteiger partial charge on any atom is 0.0863 e. The number of halogens is 2. The van der Waals surface area contributed by atoms with Crippen LogP contribution in [0.3, 0.4) is 0 Å². The van der Waals surface area contributed by atoms with E-state index in [1.165, 1.54) is 12.8 Å². The minimum absolute atomic E-state index is 0.653. The molecule has 0 aliphatic carbocycles. The van der Waals surface area contributed by atoms with Gasteiger partial charge < -0.3 is 5.32 Å². The van der Waals surface area contributed by atoms with Crippen molar-refractivity contribution in [1.29, 1.82) is 0 Å². The lowest BCUT2D eigenvalue weighted by atomic mass is 10.0. The van der Waals surface area contributed by atoms with Gasteiger partial charge in [0.25, 0.3) is 0 Å². The lowest BCUT2D eigenvalue weighted by Crippen LogP contribution is -2.24. The highest BCUT2D eigenvalue weighted by atomic mass is 35.5. The summed E-state index contributed by atoms with van der Waals surface area (Å²) in [6.07, 6.45) is 4.38. The first-order valence-electron chi connectivity index (χ1n) is 7.68. The van der Waals surface area contributed by atoms with Crippen LogP contribution in [0.15, 0.2) is 0 Å². The van der Waals surface area contributed by atoms with Gasteiger partial charge in [0.05, 0.1) is 16.4 Å². The van der Waals surface area contributed by atoms with E-state index < -0.39 is 0 Å². The predicted molar refractivity (Wildman–Crippen MR) is 87.7 cm³/mol. The minimum atomic E-state index is 0.653. The number of alkyl halides is 1. The Kier molecular flexibility index (Phi) is 8.58. The molecule has 20 heavy (non-hydrogen) atoms. The largest absolute Gasteiger partial charge is 0.311 e. The van der Waals surface area contributed by atoms with E-state index >= 15 is 0 Å². The zero-order valence-corrected chi connectivity index (χ0v) is 14.4. The quantitative estimate of drug-likeness (QED) is 0.653. The number of nitrogens with one attached hydrogen (secondary N) is 1. The summed E-state index contributed by atoms with van der Waals surface area (Å²) in [5.41, 5.74) is 2.10. The molecule has 116 valence electrons. The van der Waals surface area contributed by atoms with Gasteiger partial charge in [-0.2, -0.15) is 5.10 Å². The average Bonchev–Trinajstić information content (AvgIpc) is 2.75. The van der Waals surface area contributed by atoms with Crippen LogP contribution in [0.2, 0.25) is 5.02 Å². The molecular formula is C15H27Cl2N3. The Balaban J connectivity index is 2.58. The van der Waals surface area contributed by atoms with Crippen LogP contribution >= 0.6 is 23.2 Å². The van der Waals surface area contributed by atoms with Crippen LogP contribution in [-0.2, 0) is 19.5 Å². The molecule has 0 radical (unpaired) electrons. The topological polar surface area (TPSA) is 29.9 Å². The first kappa shape index (κ1) is 17.8. The minimum Gasteiger partial charge on any atom is -0.311 e. The molecule has 0 bridgehead atoms. The highest BCUT2D eigenvalue weighted by Crippen LogP contribution is 2.21. The summed E-state index contributed by atoms with van der Waals surface area (Å²) in [6.45, 7) is 9.03. The van der Waals surface area contributed by atoms with Crippen LogP contribution in [0, 0.1) is 5.92 Å². The molecule has 0 saturated carbocycles. The molecule has 0 aliphatic rings. The van der Waals surface area contributed by atoms with Crippen molar-refractivity contribution >= 4 is 23.2 Å². The molecule has 3 nitrogen and oxygen atoms in total. The summed E-state index contributed by atoms with van der Waals surface area (Å²) >= 11 is 12.3. The summed E-state index contributed by atoms with van der Waals surface area (Å²) in [6, 6.07) is 0. The van der Waals surface area contributed by atoms with Gasteiger partial charge in [0.2, 0.25) is 0 Å². The smallest absolute Gasteiger partial charge is 0.0863 e. The number of rotatable bonds is 10. The summed E-state index contributed by atoms with van der Waals surface area (Å²) in [5.74, 6) is 1.39. The van der Waals surface area contributed by atoms with E-state index in [1.807, 2.05) is 4.68 Å². The molecule has 1 heterocycles. The van der Waals surface area contributed by atoms with Gasteiger partial charge in [-0.3, -0.25) is 4.68 Å². The van der Waals surface area contributed by atoms with E-state index in [2.05, 4.69) is 31.2 Å². The van der Waals surface area contributed by atoms with Gasteiger partial charge in [-0.1, -0.05) is 31.9 Å². The van der Waals surface area contributed by atoms with Gasteiger partial charge in [0, 0.05) is 19.0 Å². The average molecular weight is 320 g/mol. The van der Waals surface area contributed by atoms with Crippen molar-refractivity contribution in [3.05, 3.63) is 16.4 Å². The van der Waals surface area contributed by atoms with E-state index in [0.717, 1.165) is 54.8 Å². The Labute approximate surface area is 133 Å². The van der Waals surface area contributed by atoms with Crippen molar-refractivity contribution in [2.75, 3.05) is 12.4 Å². The monoisotopic (exact) mass is 319 g/mol. The van der Waals surface area contributed by atoms with E-state index in [-0.39, 0.29) is 0 Å². The Morgan fingerprint density at radius 1 is 1.25 bits per heavy atom. The molecule has 0 amide bonds. The zero-order chi connectivity index (χ0) is 15.0. The standard InChI is InChI=1S/C15H27Cl2N3/c1-4-7-12(8-9-16)10-18-11-14-15(17)13(5-2)19-20(14)6-3/h12,18H,4-11H2,1-3H3. The Bertz CT molecular complexity index is 385. The molecular weight excluding hydrogens is 293 g/mol. The third kappa shape index (κ3) is 4.94. The first-order chi connectivity index (χ1) is 9.67. The Hall–Kier alpha value is -0.250. The molecule has 0 aliphatic heterocycles. The van der Waals surface area contributed by atoms with Gasteiger partial charge in [-0.15, -0.1) is 11.6 Å². The van der Waals surface area contributed by atoms with Crippen molar-refractivity contribution in [2.45, 2.75) is 59.5 Å². The van der Waals surface area contributed by atoms with E-state index in [9.17, 15) is 0 Å².